The predicted molar refractivity (Wildman–Crippen MR) is 72.4 cm³/mol. The minimum absolute atomic E-state index is 0.118. The molecule has 1 heterocycles. The van der Waals surface area contributed by atoms with Crippen LogP contribution in [0.2, 0.25) is 5.02 Å². The molecule has 0 aliphatic carbocycles. The molecule has 6 heteroatoms. The van der Waals surface area contributed by atoms with Gasteiger partial charge >= 0.3 is 5.97 Å². The number of carbonyl (C=O) groups is 1. The van der Waals surface area contributed by atoms with Gasteiger partial charge in [0, 0.05) is 4.47 Å². The SMILES string of the molecule is COC(=O)c1nn(-c2ccccc2Br)c(C)c1Cl. The maximum Gasteiger partial charge on any atom is 0.360 e. The molecular weight excluding hydrogens is 320 g/mol. The van der Waals surface area contributed by atoms with E-state index in [1.165, 1.54) is 7.11 Å². The summed E-state index contributed by atoms with van der Waals surface area (Å²) >= 11 is 9.53. The second kappa shape index (κ2) is 5.12. The number of ether oxygens (including phenoxy) is 1. The number of esters is 1. The molecule has 2 aromatic rings. The van der Waals surface area contributed by atoms with Gasteiger partial charge in [0.05, 0.1) is 23.5 Å². The number of methoxy groups -OCH3 is 1. The van der Waals surface area contributed by atoms with Gasteiger partial charge in [0.1, 0.15) is 0 Å². The number of nitrogens with zero attached hydrogens (tertiary/aromatic N) is 2. The Kier molecular flexibility index (Phi) is 3.73. The van der Waals surface area contributed by atoms with Crippen molar-refractivity contribution in [2.75, 3.05) is 7.11 Å². The Morgan fingerprint density at radius 1 is 1.44 bits per heavy atom. The van der Waals surface area contributed by atoms with Crippen LogP contribution in [-0.4, -0.2) is 22.9 Å². The van der Waals surface area contributed by atoms with E-state index in [-0.39, 0.29) is 5.69 Å². The first-order valence-corrected chi connectivity index (χ1v) is 6.31. The van der Waals surface area contributed by atoms with Crippen molar-refractivity contribution >= 4 is 33.5 Å². The van der Waals surface area contributed by atoms with Crippen molar-refractivity contribution in [1.29, 1.82) is 0 Å². The first-order valence-electron chi connectivity index (χ1n) is 5.14. The van der Waals surface area contributed by atoms with Gasteiger partial charge in [0.2, 0.25) is 0 Å². The lowest BCUT2D eigenvalue weighted by molar-refractivity contribution is 0.0593. The van der Waals surface area contributed by atoms with Gasteiger partial charge in [-0.1, -0.05) is 23.7 Å². The first-order chi connectivity index (χ1) is 8.56. The number of para-hydroxylation sites is 1. The lowest BCUT2D eigenvalue weighted by Gasteiger charge is -2.05. The van der Waals surface area contributed by atoms with Crippen LogP contribution in [0.15, 0.2) is 28.7 Å². The minimum Gasteiger partial charge on any atom is -0.464 e. The zero-order valence-electron chi connectivity index (χ0n) is 9.78. The molecule has 0 fully saturated rings. The second-order valence-corrected chi connectivity index (χ2v) is 4.84. The zero-order valence-corrected chi connectivity index (χ0v) is 12.1. The van der Waals surface area contributed by atoms with E-state index in [2.05, 4.69) is 25.8 Å². The molecule has 1 aromatic carbocycles. The summed E-state index contributed by atoms with van der Waals surface area (Å²) in [5, 5.41) is 4.49. The molecule has 0 N–H and O–H groups in total. The molecule has 18 heavy (non-hydrogen) atoms. The molecule has 0 unspecified atom stereocenters. The number of rotatable bonds is 2. The van der Waals surface area contributed by atoms with Crippen molar-refractivity contribution in [1.82, 2.24) is 9.78 Å². The summed E-state index contributed by atoms with van der Waals surface area (Å²) in [4.78, 5) is 11.5. The van der Waals surface area contributed by atoms with E-state index >= 15 is 0 Å². The summed E-state index contributed by atoms with van der Waals surface area (Å²) in [6.45, 7) is 1.79. The smallest absolute Gasteiger partial charge is 0.360 e. The van der Waals surface area contributed by atoms with Crippen molar-refractivity contribution < 1.29 is 9.53 Å². The van der Waals surface area contributed by atoms with Crippen LogP contribution in [-0.2, 0) is 4.74 Å². The standard InChI is InChI=1S/C12H10BrClN2O2/c1-7-10(14)11(12(17)18-2)15-16(7)9-6-4-3-5-8(9)13/h3-6H,1-2H3. The lowest BCUT2D eigenvalue weighted by atomic mass is 10.3. The highest BCUT2D eigenvalue weighted by molar-refractivity contribution is 9.10. The Labute approximate surface area is 118 Å². The van der Waals surface area contributed by atoms with E-state index < -0.39 is 5.97 Å². The first kappa shape index (κ1) is 13.1. The fourth-order valence-corrected chi connectivity index (χ4v) is 2.22. The maximum atomic E-state index is 11.5. The number of halogens is 2. The Morgan fingerprint density at radius 2 is 2.11 bits per heavy atom. The fraction of sp³-hybridized carbons (Fsp3) is 0.167. The van der Waals surface area contributed by atoms with E-state index in [0.717, 1.165) is 10.2 Å². The molecule has 0 atom stereocenters. The summed E-state index contributed by atoms with van der Waals surface area (Å²) in [5.74, 6) is -0.547. The van der Waals surface area contributed by atoms with Crippen LogP contribution < -0.4 is 0 Å². The van der Waals surface area contributed by atoms with E-state index in [4.69, 9.17) is 11.6 Å². The van der Waals surface area contributed by atoms with Gasteiger partial charge in [-0.15, -0.1) is 0 Å². The molecule has 0 aliphatic heterocycles. The van der Waals surface area contributed by atoms with E-state index in [9.17, 15) is 4.79 Å². The van der Waals surface area contributed by atoms with Gasteiger partial charge in [0.15, 0.2) is 5.69 Å². The van der Waals surface area contributed by atoms with Crippen LogP contribution in [0.5, 0.6) is 0 Å². The number of carbonyl (C=O) groups excluding carboxylic acids is 1. The second-order valence-electron chi connectivity index (χ2n) is 3.60. The minimum atomic E-state index is -0.547. The Morgan fingerprint density at radius 3 is 2.72 bits per heavy atom. The summed E-state index contributed by atoms with van der Waals surface area (Å²) < 4.78 is 7.11. The van der Waals surface area contributed by atoms with Crippen LogP contribution >= 0.6 is 27.5 Å². The normalized spacial score (nSPS) is 10.4. The quantitative estimate of drug-likeness (QED) is 0.793. The van der Waals surface area contributed by atoms with Gasteiger partial charge in [-0.3, -0.25) is 0 Å². The highest BCUT2D eigenvalue weighted by Gasteiger charge is 2.21. The van der Waals surface area contributed by atoms with Gasteiger partial charge in [0.25, 0.3) is 0 Å². The van der Waals surface area contributed by atoms with Crippen molar-refractivity contribution in [3.05, 3.63) is 45.1 Å². The Balaban J connectivity index is 2.60. The van der Waals surface area contributed by atoms with Crippen LogP contribution in [0.3, 0.4) is 0 Å². The van der Waals surface area contributed by atoms with E-state index in [0.29, 0.717) is 10.7 Å². The molecule has 0 spiro atoms. The van der Waals surface area contributed by atoms with Crippen LogP contribution in [0.4, 0.5) is 0 Å². The largest absolute Gasteiger partial charge is 0.464 e. The Bertz CT molecular complexity index is 610. The van der Waals surface area contributed by atoms with Crippen molar-refractivity contribution in [2.24, 2.45) is 0 Å². The summed E-state index contributed by atoms with van der Waals surface area (Å²) in [6, 6.07) is 7.55. The molecule has 0 aliphatic rings. The average Bonchev–Trinajstić information content (AvgIpc) is 2.67. The van der Waals surface area contributed by atoms with Gasteiger partial charge in [-0.2, -0.15) is 5.10 Å². The van der Waals surface area contributed by atoms with Crippen molar-refractivity contribution in [3.63, 3.8) is 0 Å². The highest BCUT2D eigenvalue weighted by Crippen LogP contribution is 2.27. The van der Waals surface area contributed by atoms with Crippen LogP contribution in [0, 0.1) is 6.92 Å². The summed E-state index contributed by atoms with van der Waals surface area (Å²) in [5.41, 5.74) is 1.61. The third-order valence-electron chi connectivity index (χ3n) is 2.50. The lowest BCUT2D eigenvalue weighted by Crippen LogP contribution is -2.05. The zero-order chi connectivity index (χ0) is 13.3. The van der Waals surface area contributed by atoms with Crippen LogP contribution in [0.25, 0.3) is 5.69 Å². The Hall–Kier alpha value is -1.33. The number of aromatic nitrogens is 2. The molecular formula is C12H10BrClN2O2. The maximum absolute atomic E-state index is 11.5. The third-order valence-corrected chi connectivity index (χ3v) is 3.63. The predicted octanol–water partition coefficient (Wildman–Crippen LogP) is 3.38. The van der Waals surface area contributed by atoms with Crippen LogP contribution in [0.1, 0.15) is 16.2 Å². The molecule has 0 saturated carbocycles. The van der Waals surface area contributed by atoms with E-state index in [1.54, 1.807) is 11.6 Å². The number of hydrogen-bond acceptors (Lipinski definition) is 3. The number of benzene rings is 1. The molecule has 0 amide bonds. The van der Waals surface area contributed by atoms with Gasteiger partial charge in [-0.05, 0) is 35.0 Å². The average molecular weight is 330 g/mol. The van der Waals surface area contributed by atoms with E-state index in [1.807, 2.05) is 24.3 Å². The monoisotopic (exact) mass is 328 g/mol. The highest BCUT2D eigenvalue weighted by atomic mass is 79.9. The summed E-state index contributed by atoms with van der Waals surface area (Å²) in [7, 11) is 1.30. The summed E-state index contributed by atoms with van der Waals surface area (Å²) in [6.07, 6.45) is 0. The van der Waals surface area contributed by atoms with Crippen molar-refractivity contribution in [2.45, 2.75) is 6.92 Å². The molecule has 0 radical (unpaired) electrons. The molecule has 0 bridgehead atoms. The van der Waals surface area contributed by atoms with Gasteiger partial charge in [-0.25, -0.2) is 9.48 Å². The molecule has 0 saturated heterocycles. The number of hydrogen-bond donors (Lipinski definition) is 0. The molecule has 94 valence electrons. The molecule has 1 aromatic heterocycles. The molecule has 2 rings (SSSR count). The van der Waals surface area contributed by atoms with Crippen molar-refractivity contribution in [3.8, 4) is 5.69 Å². The fourth-order valence-electron chi connectivity index (χ4n) is 1.57. The molecule has 4 nitrogen and oxygen atoms in total. The topological polar surface area (TPSA) is 44.1 Å². The third kappa shape index (κ3) is 2.15. The van der Waals surface area contributed by atoms with Gasteiger partial charge < -0.3 is 4.74 Å².